The van der Waals surface area contributed by atoms with E-state index in [1.54, 1.807) is 43.3 Å². The van der Waals surface area contributed by atoms with Crippen LogP contribution in [-0.2, 0) is 26.2 Å². The Bertz CT molecular complexity index is 1470. The van der Waals surface area contributed by atoms with Crippen LogP contribution in [0.3, 0.4) is 0 Å². The lowest BCUT2D eigenvalue weighted by Gasteiger charge is -2.33. The van der Waals surface area contributed by atoms with Crippen molar-refractivity contribution >= 4 is 73.9 Å². The van der Waals surface area contributed by atoms with Crippen LogP contribution >= 0.6 is 46.4 Å². The molecule has 0 spiro atoms. The van der Waals surface area contributed by atoms with Crippen molar-refractivity contribution < 1.29 is 18.0 Å². The van der Waals surface area contributed by atoms with Crippen LogP contribution in [0, 0.1) is 0 Å². The normalized spacial score (nSPS) is 12.0. The van der Waals surface area contributed by atoms with Gasteiger partial charge in [0.2, 0.25) is 11.8 Å². The molecule has 0 bridgehead atoms. The molecule has 1 atom stereocenters. The minimum Gasteiger partial charge on any atom is -0.354 e. The largest absolute Gasteiger partial charge is 0.354 e. The number of anilines is 1. The Labute approximate surface area is 261 Å². The number of rotatable bonds is 13. The lowest BCUT2D eigenvalue weighted by Crippen LogP contribution is -2.52. The van der Waals surface area contributed by atoms with Gasteiger partial charge in [0.15, 0.2) is 0 Å². The van der Waals surface area contributed by atoms with E-state index >= 15 is 0 Å². The van der Waals surface area contributed by atoms with Gasteiger partial charge in [0.25, 0.3) is 10.0 Å². The molecule has 0 saturated carbocycles. The van der Waals surface area contributed by atoms with Crippen LogP contribution in [0.25, 0.3) is 0 Å². The Morgan fingerprint density at radius 3 is 2.20 bits per heavy atom. The zero-order chi connectivity index (χ0) is 30.2. The van der Waals surface area contributed by atoms with Crippen LogP contribution in [0.2, 0.25) is 20.1 Å². The number of benzene rings is 3. The maximum atomic E-state index is 14.1. The fourth-order valence-corrected chi connectivity index (χ4v) is 6.19. The van der Waals surface area contributed by atoms with Crippen LogP contribution in [-0.4, -0.2) is 44.3 Å². The summed E-state index contributed by atoms with van der Waals surface area (Å²) in [6, 6.07) is 15.9. The van der Waals surface area contributed by atoms with Gasteiger partial charge in [-0.3, -0.25) is 13.9 Å². The van der Waals surface area contributed by atoms with Crippen LogP contribution < -0.4 is 9.62 Å². The van der Waals surface area contributed by atoms with Crippen molar-refractivity contribution in [2.24, 2.45) is 0 Å². The third-order valence-electron chi connectivity index (χ3n) is 6.33. The molecule has 0 aromatic heterocycles. The molecule has 0 aliphatic rings. The number of unbranched alkanes of at least 4 members (excludes halogenated alkanes) is 1. The number of hydrogen-bond acceptors (Lipinski definition) is 4. The summed E-state index contributed by atoms with van der Waals surface area (Å²) in [7, 11) is -4.24. The van der Waals surface area contributed by atoms with Gasteiger partial charge < -0.3 is 10.2 Å². The SMILES string of the molecule is CCCCNC(=O)[C@@H](CC)N(Cc1ccc(Cl)c(Cl)c1)C(=O)CN(c1cccc(Cl)c1)S(=O)(=O)c1ccc(Cl)cc1. The Balaban J connectivity index is 2.05. The molecule has 3 rings (SSSR count). The molecule has 12 heteroatoms. The topological polar surface area (TPSA) is 86.8 Å². The summed E-state index contributed by atoms with van der Waals surface area (Å²) >= 11 is 24.5. The van der Waals surface area contributed by atoms with Crippen LogP contribution in [0.4, 0.5) is 5.69 Å². The van der Waals surface area contributed by atoms with Gasteiger partial charge in [-0.05, 0) is 73.0 Å². The summed E-state index contributed by atoms with van der Waals surface area (Å²) < 4.78 is 28.7. The Morgan fingerprint density at radius 2 is 1.59 bits per heavy atom. The maximum Gasteiger partial charge on any atom is 0.264 e. The smallest absolute Gasteiger partial charge is 0.264 e. The molecule has 0 radical (unpaired) electrons. The highest BCUT2D eigenvalue weighted by Gasteiger charge is 2.33. The van der Waals surface area contributed by atoms with Gasteiger partial charge in [0.05, 0.1) is 20.6 Å². The van der Waals surface area contributed by atoms with E-state index in [1.807, 2.05) is 6.92 Å². The van der Waals surface area contributed by atoms with Gasteiger partial charge in [-0.2, -0.15) is 0 Å². The quantitative estimate of drug-likeness (QED) is 0.197. The third kappa shape index (κ3) is 8.75. The molecule has 0 fully saturated rings. The monoisotopic (exact) mass is 657 g/mol. The van der Waals surface area contributed by atoms with Gasteiger partial charge in [-0.25, -0.2) is 8.42 Å². The molecule has 0 saturated heterocycles. The van der Waals surface area contributed by atoms with E-state index in [4.69, 9.17) is 46.4 Å². The summed E-state index contributed by atoms with van der Waals surface area (Å²) in [5.41, 5.74) is 0.818. The minimum atomic E-state index is -4.24. The molecule has 0 aliphatic heterocycles. The summed E-state index contributed by atoms with van der Waals surface area (Å²) in [6.45, 7) is 3.67. The van der Waals surface area contributed by atoms with E-state index < -0.39 is 28.5 Å². The van der Waals surface area contributed by atoms with Gasteiger partial charge in [0, 0.05) is 23.1 Å². The van der Waals surface area contributed by atoms with E-state index in [1.165, 1.54) is 35.2 Å². The fourth-order valence-electron chi connectivity index (χ4n) is 4.15. The average molecular weight is 659 g/mol. The van der Waals surface area contributed by atoms with E-state index in [-0.39, 0.29) is 23.0 Å². The Hall–Kier alpha value is -2.49. The first kappa shape index (κ1) is 33.0. The molecule has 3 aromatic carbocycles. The fraction of sp³-hybridized carbons (Fsp3) is 0.310. The maximum absolute atomic E-state index is 14.1. The predicted molar refractivity (Wildman–Crippen MR) is 166 cm³/mol. The Kier molecular flexibility index (Phi) is 12.2. The Morgan fingerprint density at radius 1 is 0.878 bits per heavy atom. The highest BCUT2D eigenvalue weighted by molar-refractivity contribution is 7.92. The first-order chi connectivity index (χ1) is 19.5. The predicted octanol–water partition coefficient (Wildman–Crippen LogP) is 7.22. The minimum absolute atomic E-state index is 0.000193. The second kappa shape index (κ2) is 15.1. The number of hydrogen-bond donors (Lipinski definition) is 1. The second-order valence-corrected chi connectivity index (χ2v) is 12.8. The highest BCUT2D eigenvalue weighted by atomic mass is 35.5. The van der Waals surface area contributed by atoms with Crippen molar-refractivity contribution in [1.82, 2.24) is 10.2 Å². The van der Waals surface area contributed by atoms with Crippen molar-refractivity contribution in [3.63, 3.8) is 0 Å². The standard InChI is InChI=1S/C29H31Cl4N3O4S/c1-3-5-15-34-29(38)27(4-2)35(18-20-9-14-25(32)26(33)16-20)28(37)19-36(23-8-6-7-22(31)17-23)41(39,40)24-12-10-21(30)11-13-24/h6-14,16-17,27H,3-5,15,18-19H2,1-2H3,(H,34,38)/t27-/m1/s1. The zero-order valence-corrected chi connectivity index (χ0v) is 26.5. The lowest BCUT2D eigenvalue weighted by atomic mass is 10.1. The number of carbonyl (C=O) groups is 2. The zero-order valence-electron chi connectivity index (χ0n) is 22.6. The summed E-state index contributed by atoms with van der Waals surface area (Å²) in [6.07, 6.45) is 1.97. The average Bonchev–Trinajstić information content (AvgIpc) is 2.93. The molecule has 7 nitrogen and oxygen atoms in total. The summed E-state index contributed by atoms with van der Waals surface area (Å²) in [5, 5.41) is 4.18. The molecule has 0 aliphatic carbocycles. The van der Waals surface area contributed by atoms with Gasteiger partial charge >= 0.3 is 0 Å². The van der Waals surface area contributed by atoms with E-state index in [0.717, 1.165) is 17.1 Å². The molecule has 3 aromatic rings. The molecular weight excluding hydrogens is 628 g/mol. The summed E-state index contributed by atoms with van der Waals surface area (Å²) in [4.78, 5) is 28.6. The van der Waals surface area contributed by atoms with Gasteiger partial charge in [-0.1, -0.05) is 78.8 Å². The van der Waals surface area contributed by atoms with Gasteiger partial charge in [0.1, 0.15) is 12.6 Å². The molecular formula is C29H31Cl4N3O4S. The van der Waals surface area contributed by atoms with Crippen molar-refractivity contribution in [3.8, 4) is 0 Å². The number of nitrogens with zero attached hydrogens (tertiary/aromatic N) is 2. The number of nitrogens with one attached hydrogen (secondary N) is 1. The van der Waals surface area contributed by atoms with Gasteiger partial charge in [-0.15, -0.1) is 0 Å². The second-order valence-electron chi connectivity index (χ2n) is 9.28. The highest BCUT2D eigenvalue weighted by Crippen LogP contribution is 2.28. The van der Waals surface area contributed by atoms with E-state index in [0.29, 0.717) is 38.6 Å². The number of amides is 2. The first-order valence-corrected chi connectivity index (χ1v) is 16.0. The summed E-state index contributed by atoms with van der Waals surface area (Å²) in [5.74, 6) is -0.921. The van der Waals surface area contributed by atoms with Crippen LogP contribution in [0.15, 0.2) is 71.6 Å². The number of carbonyl (C=O) groups excluding carboxylic acids is 2. The molecule has 0 heterocycles. The molecule has 0 unspecified atom stereocenters. The van der Waals surface area contributed by atoms with E-state index in [2.05, 4.69) is 5.32 Å². The van der Waals surface area contributed by atoms with Crippen molar-refractivity contribution in [1.29, 1.82) is 0 Å². The van der Waals surface area contributed by atoms with E-state index in [9.17, 15) is 18.0 Å². The number of sulfonamides is 1. The van der Waals surface area contributed by atoms with Crippen molar-refractivity contribution in [2.45, 2.75) is 50.6 Å². The molecule has 41 heavy (non-hydrogen) atoms. The third-order valence-corrected chi connectivity index (χ3v) is 9.34. The first-order valence-electron chi connectivity index (χ1n) is 13.0. The molecule has 1 N–H and O–H groups in total. The van der Waals surface area contributed by atoms with Crippen LogP contribution in [0.5, 0.6) is 0 Å². The number of halogens is 4. The molecule has 220 valence electrons. The van der Waals surface area contributed by atoms with Crippen molar-refractivity contribution in [2.75, 3.05) is 17.4 Å². The lowest BCUT2D eigenvalue weighted by molar-refractivity contribution is -0.140. The van der Waals surface area contributed by atoms with Crippen LogP contribution in [0.1, 0.15) is 38.7 Å². The van der Waals surface area contributed by atoms with Crippen molar-refractivity contribution in [3.05, 3.63) is 92.4 Å². The molecule has 2 amide bonds.